The van der Waals surface area contributed by atoms with Gasteiger partial charge in [-0.2, -0.15) is 12.8 Å². The third-order valence-electron chi connectivity index (χ3n) is 2.03. The van der Waals surface area contributed by atoms with Crippen molar-refractivity contribution in [1.29, 1.82) is 0 Å². The molecule has 0 saturated carbocycles. The molecule has 0 aromatic rings. The minimum atomic E-state index is 0. The van der Waals surface area contributed by atoms with Gasteiger partial charge in [-0.1, -0.05) is 77.7 Å². The first-order chi connectivity index (χ1) is 5.31. The molecule has 0 aromatic carbocycles. The van der Waals surface area contributed by atoms with Crippen LogP contribution in [0, 0.1) is 12.3 Å². The molecule has 0 aliphatic rings. The first-order valence-electron chi connectivity index (χ1n) is 4.83. The van der Waals surface area contributed by atoms with Crippen LogP contribution in [0.25, 0.3) is 0 Å². The molecule has 0 fully saturated rings. The van der Waals surface area contributed by atoms with Crippen LogP contribution in [0.4, 0.5) is 0 Å². The molecule has 0 bridgehead atoms. The largest absolute Gasteiger partial charge is 0.328 e. The fourth-order valence-corrected chi connectivity index (χ4v) is 1.25. The predicted molar refractivity (Wildman–Crippen MR) is 97.2 cm³/mol. The Morgan fingerprint density at radius 3 is 1.72 bits per heavy atom. The van der Waals surface area contributed by atoms with E-state index in [1.54, 1.807) is 0 Å². The van der Waals surface area contributed by atoms with Gasteiger partial charge in [-0.3, -0.25) is 0 Å². The summed E-state index contributed by atoms with van der Waals surface area (Å²) < 4.78 is 0. The Labute approximate surface area is 150 Å². The van der Waals surface area contributed by atoms with Crippen molar-refractivity contribution in [1.82, 2.24) is 0 Å². The van der Waals surface area contributed by atoms with Gasteiger partial charge in [-0.05, 0) is 12.1 Å². The van der Waals surface area contributed by atoms with E-state index in [1.807, 2.05) is 0 Å². The number of unbranched alkanes of at least 4 members (excludes halogenated alkanes) is 4. The molecule has 119 valence electrons. The standard InChI is InChI=1S/C10H22P.6CH4.Y/c1-3-4-5-6-7-8-10(2)9-11;;;;;;;/h6,10H,3-5,7-9,11H2,1-2H3;6*1H4;/q-1;;;;;;;. The third kappa shape index (κ3) is 43.2. The maximum absolute atomic E-state index is 2.81. The second-order valence-electron chi connectivity index (χ2n) is 3.35. The Morgan fingerprint density at radius 2 is 1.39 bits per heavy atom. The topological polar surface area (TPSA) is 0 Å². The number of hydrogen-bond donors (Lipinski definition) is 0. The molecular weight excluding hydrogens is 312 g/mol. The fraction of sp³-hybridized carbons (Fsp3) is 0.938. The van der Waals surface area contributed by atoms with Crippen molar-refractivity contribution in [2.75, 3.05) is 6.16 Å². The average Bonchev–Trinajstić information content (AvgIpc) is 2.04. The summed E-state index contributed by atoms with van der Waals surface area (Å²) in [6.45, 7) is 4.57. The summed E-state index contributed by atoms with van der Waals surface area (Å²) in [5, 5.41) is 0. The van der Waals surface area contributed by atoms with Crippen LogP contribution in [-0.4, -0.2) is 6.16 Å². The van der Waals surface area contributed by atoms with E-state index in [1.165, 1.54) is 38.3 Å². The van der Waals surface area contributed by atoms with Crippen LogP contribution < -0.4 is 0 Å². The summed E-state index contributed by atoms with van der Waals surface area (Å²) in [6, 6.07) is 0. The molecule has 18 heavy (non-hydrogen) atoms. The van der Waals surface area contributed by atoms with E-state index >= 15 is 0 Å². The van der Waals surface area contributed by atoms with Crippen LogP contribution in [-0.2, 0) is 32.7 Å². The van der Waals surface area contributed by atoms with Crippen molar-refractivity contribution in [3.63, 3.8) is 0 Å². The minimum absolute atomic E-state index is 0. The maximum Gasteiger partial charge on any atom is 0 e. The summed E-state index contributed by atoms with van der Waals surface area (Å²) in [6.07, 6.45) is 10.4. The van der Waals surface area contributed by atoms with Crippen molar-refractivity contribution in [3.8, 4) is 0 Å². The molecule has 0 heterocycles. The van der Waals surface area contributed by atoms with Crippen LogP contribution in [0.5, 0.6) is 0 Å². The third-order valence-corrected chi connectivity index (χ3v) is 2.83. The van der Waals surface area contributed by atoms with Gasteiger partial charge in [0, 0.05) is 32.7 Å². The van der Waals surface area contributed by atoms with E-state index in [9.17, 15) is 0 Å². The Hall–Kier alpha value is 1.53. The maximum atomic E-state index is 2.81. The fourth-order valence-electron chi connectivity index (χ4n) is 1.01. The normalized spacial score (nSPS) is 8.17. The monoisotopic (exact) mass is 358 g/mol. The summed E-state index contributed by atoms with van der Waals surface area (Å²) >= 11 is 0. The second kappa shape index (κ2) is 42.8. The quantitative estimate of drug-likeness (QED) is 0.251. The van der Waals surface area contributed by atoms with Gasteiger partial charge in [0.1, 0.15) is 0 Å². The van der Waals surface area contributed by atoms with Crippen molar-refractivity contribution in [2.45, 2.75) is 90.5 Å². The minimum Gasteiger partial charge on any atom is -0.328 e. The molecule has 0 N–H and O–H groups in total. The Bertz CT molecular complexity index is 77.5. The zero-order valence-corrected chi connectivity index (χ0v) is 12.5. The SMILES string of the molecule is C.C.C.C.C.C.CCCC[CH-]CCC(C)CP.[Y]. The van der Waals surface area contributed by atoms with Crippen LogP contribution in [0.15, 0.2) is 0 Å². The van der Waals surface area contributed by atoms with Crippen LogP contribution in [0.1, 0.15) is 90.5 Å². The van der Waals surface area contributed by atoms with E-state index in [2.05, 4.69) is 29.5 Å². The van der Waals surface area contributed by atoms with Crippen molar-refractivity contribution >= 4 is 9.24 Å². The molecule has 0 rings (SSSR count). The number of rotatable bonds is 7. The molecule has 0 aliphatic heterocycles. The molecule has 2 unspecified atom stereocenters. The van der Waals surface area contributed by atoms with E-state index < -0.39 is 0 Å². The second-order valence-corrected chi connectivity index (χ2v) is 3.82. The first kappa shape index (κ1) is 50.4. The molecule has 2 heteroatoms. The zero-order chi connectivity index (χ0) is 8.53. The molecule has 0 saturated heterocycles. The van der Waals surface area contributed by atoms with Crippen molar-refractivity contribution in [2.24, 2.45) is 5.92 Å². The van der Waals surface area contributed by atoms with E-state index in [0.717, 1.165) is 5.92 Å². The van der Waals surface area contributed by atoms with Crippen LogP contribution in [0.3, 0.4) is 0 Å². The van der Waals surface area contributed by atoms with Gasteiger partial charge in [0.2, 0.25) is 0 Å². The molecule has 0 aromatic heterocycles. The van der Waals surface area contributed by atoms with E-state index in [4.69, 9.17) is 0 Å². The Kier molecular flexibility index (Phi) is 120. The zero-order valence-electron chi connectivity index (χ0n) is 8.55. The number of hydrogen-bond acceptors (Lipinski definition) is 0. The molecule has 1 radical (unpaired) electrons. The molecular formula is C16H46PY-. The molecule has 0 amide bonds. The van der Waals surface area contributed by atoms with E-state index in [-0.39, 0.29) is 77.3 Å². The average molecular weight is 358 g/mol. The molecule has 2 atom stereocenters. The van der Waals surface area contributed by atoms with Crippen molar-refractivity contribution in [3.05, 3.63) is 6.42 Å². The summed E-state index contributed by atoms with van der Waals surface area (Å²) in [4.78, 5) is 0. The Balaban J connectivity index is -0.0000000238. The summed E-state index contributed by atoms with van der Waals surface area (Å²) in [5.41, 5.74) is 0. The smallest absolute Gasteiger partial charge is 0 e. The van der Waals surface area contributed by atoms with Gasteiger partial charge >= 0.3 is 0 Å². The van der Waals surface area contributed by atoms with Gasteiger partial charge in [-0.25, -0.2) is 0 Å². The predicted octanol–water partition coefficient (Wildman–Crippen LogP) is 7.49. The van der Waals surface area contributed by atoms with Gasteiger partial charge < -0.3 is 6.42 Å². The molecule has 0 spiro atoms. The van der Waals surface area contributed by atoms with Gasteiger partial charge in [0.05, 0.1) is 0 Å². The molecule has 0 aliphatic carbocycles. The summed E-state index contributed by atoms with van der Waals surface area (Å²) in [5.74, 6) is 0.887. The van der Waals surface area contributed by atoms with Crippen LogP contribution >= 0.6 is 9.24 Å². The van der Waals surface area contributed by atoms with E-state index in [0.29, 0.717) is 0 Å². The first-order valence-corrected chi connectivity index (χ1v) is 5.64. The summed E-state index contributed by atoms with van der Waals surface area (Å²) in [7, 11) is 2.81. The van der Waals surface area contributed by atoms with Gasteiger partial charge in [0.15, 0.2) is 0 Å². The van der Waals surface area contributed by atoms with Gasteiger partial charge in [0.25, 0.3) is 0 Å². The Morgan fingerprint density at radius 1 is 0.944 bits per heavy atom. The van der Waals surface area contributed by atoms with Crippen LogP contribution in [0.2, 0.25) is 0 Å². The molecule has 0 nitrogen and oxygen atoms in total. The van der Waals surface area contributed by atoms with Gasteiger partial charge in [-0.15, -0.1) is 9.24 Å². The van der Waals surface area contributed by atoms with Crippen molar-refractivity contribution < 1.29 is 32.7 Å².